The Morgan fingerprint density at radius 3 is 2.29 bits per heavy atom. The van der Waals surface area contributed by atoms with Gasteiger partial charge in [-0.2, -0.15) is 13.2 Å². The van der Waals surface area contributed by atoms with Gasteiger partial charge in [-0.3, -0.25) is 13.9 Å². The number of halogens is 4. The highest BCUT2D eigenvalue weighted by Crippen LogP contribution is 2.32. The lowest BCUT2D eigenvalue weighted by Gasteiger charge is -2.31. The summed E-state index contributed by atoms with van der Waals surface area (Å²) in [5, 5.41) is 3.34. The summed E-state index contributed by atoms with van der Waals surface area (Å²) in [6.45, 7) is 4.09. The second kappa shape index (κ2) is 13.8. The molecule has 7 nitrogen and oxygen atoms in total. The van der Waals surface area contributed by atoms with Gasteiger partial charge in [-0.15, -0.1) is 0 Å². The van der Waals surface area contributed by atoms with Crippen LogP contribution >= 0.6 is 11.6 Å². The van der Waals surface area contributed by atoms with Crippen LogP contribution in [0, 0.1) is 0 Å². The Morgan fingerprint density at radius 1 is 1.08 bits per heavy atom. The second-order valence-electron chi connectivity index (χ2n) is 8.85. The van der Waals surface area contributed by atoms with Crippen molar-refractivity contribution >= 4 is 39.1 Å². The summed E-state index contributed by atoms with van der Waals surface area (Å²) < 4.78 is 65.2. The predicted molar refractivity (Wildman–Crippen MR) is 142 cm³/mol. The van der Waals surface area contributed by atoms with Gasteiger partial charge in [0.2, 0.25) is 21.8 Å². The first-order valence-electron chi connectivity index (χ1n) is 12.2. The van der Waals surface area contributed by atoms with Crippen LogP contribution in [0.15, 0.2) is 48.5 Å². The van der Waals surface area contributed by atoms with Crippen LogP contribution in [0.3, 0.4) is 0 Å². The van der Waals surface area contributed by atoms with Gasteiger partial charge in [0, 0.05) is 31.1 Å². The van der Waals surface area contributed by atoms with Gasteiger partial charge in [-0.25, -0.2) is 8.42 Å². The molecule has 2 rings (SSSR count). The highest BCUT2D eigenvalue weighted by atomic mass is 35.5. The Labute approximate surface area is 227 Å². The van der Waals surface area contributed by atoms with Gasteiger partial charge in [0.15, 0.2) is 0 Å². The molecule has 0 saturated heterocycles. The van der Waals surface area contributed by atoms with Crippen molar-refractivity contribution in [2.24, 2.45) is 0 Å². The molecular weight excluding hydrogens is 543 g/mol. The summed E-state index contributed by atoms with van der Waals surface area (Å²) >= 11 is 5.97. The third-order valence-electron chi connectivity index (χ3n) is 5.81. The van der Waals surface area contributed by atoms with Crippen molar-refractivity contribution in [3.63, 3.8) is 0 Å². The first-order valence-corrected chi connectivity index (χ1v) is 14.5. The normalized spacial score (nSPS) is 12.6. The number of anilines is 1. The number of nitrogens with one attached hydrogen (secondary N) is 1. The molecule has 0 radical (unpaired) electrons. The van der Waals surface area contributed by atoms with Crippen LogP contribution in [-0.2, 0) is 32.3 Å². The molecule has 1 atom stereocenters. The molecular formula is C26H33ClF3N3O4S. The molecule has 0 aliphatic heterocycles. The molecule has 38 heavy (non-hydrogen) atoms. The van der Waals surface area contributed by atoms with Gasteiger partial charge in [0.25, 0.3) is 0 Å². The van der Waals surface area contributed by atoms with Crippen molar-refractivity contribution in [3.05, 3.63) is 64.7 Å². The third-order valence-corrected chi connectivity index (χ3v) is 7.26. The summed E-state index contributed by atoms with van der Waals surface area (Å²) in [6, 6.07) is 10.1. The van der Waals surface area contributed by atoms with Gasteiger partial charge in [0.1, 0.15) is 6.04 Å². The van der Waals surface area contributed by atoms with Crippen LogP contribution < -0.4 is 9.62 Å². The molecule has 0 heterocycles. The minimum absolute atomic E-state index is 0.0340. The van der Waals surface area contributed by atoms with Crippen LogP contribution in [0.25, 0.3) is 0 Å². The van der Waals surface area contributed by atoms with E-state index in [-0.39, 0.29) is 43.4 Å². The molecule has 210 valence electrons. The topological polar surface area (TPSA) is 86.8 Å². The predicted octanol–water partition coefficient (Wildman–Crippen LogP) is 5.24. The van der Waals surface area contributed by atoms with Crippen LogP contribution in [0.2, 0.25) is 5.02 Å². The zero-order valence-corrected chi connectivity index (χ0v) is 23.2. The standard InChI is InChI=1S/C26H33ClF3N3O4S/c1-4-15-31-25(35)23(5-2)32(18-19-11-13-21(27)14-12-19)24(34)10-7-16-33(38(3,36)37)22-9-6-8-20(17-22)26(28,29)30/h6,8-9,11-14,17,23H,4-5,7,10,15-16,18H2,1-3H3,(H,31,35). The monoisotopic (exact) mass is 575 g/mol. The van der Waals surface area contributed by atoms with Crippen molar-refractivity contribution in [1.29, 1.82) is 0 Å². The van der Waals surface area contributed by atoms with Gasteiger partial charge in [-0.1, -0.05) is 43.6 Å². The van der Waals surface area contributed by atoms with Crippen molar-refractivity contribution < 1.29 is 31.2 Å². The van der Waals surface area contributed by atoms with E-state index in [0.717, 1.165) is 40.7 Å². The number of sulfonamides is 1. The molecule has 0 aliphatic carbocycles. The smallest absolute Gasteiger partial charge is 0.354 e. The zero-order chi connectivity index (χ0) is 28.5. The highest BCUT2D eigenvalue weighted by Gasteiger charge is 2.32. The number of carbonyl (C=O) groups is 2. The van der Waals surface area contributed by atoms with E-state index in [1.54, 1.807) is 31.2 Å². The lowest BCUT2D eigenvalue weighted by Crippen LogP contribution is -2.49. The van der Waals surface area contributed by atoms with E-state index in [2.05, 4.69) is 5.32 Å². The van der Waals surface area contributed by atoms with Crippen LogP contribution in [0.1, 0.15) is 50.7 Å². The molecule has 0 fully saturated rings. The van der Waals surface area contributed by atoms with Crippen molar-refractivity contribution in [1.82, 2.24) is 10.2 Å². The largest absolute Gasteiger partial charge is 0.416 e. The van der Waals surface area contributed by atoms with E-state index in [4.69, 9.17) is 11.6 Å². The Kier molecular flexibility index (Phi) is 11.4. The second-order valence-corrected chi connectivity index (χ2v) is 11.2. The number of benzene rings is 2. The van der Waals surface area contributed by atoms with Gasteiger partial charge >= 0.3 is 6.18 Å². The molecule has 0 aromatic heterocycles. The molecule has 0 spiro atoms. The fraction of sp³-hybridized carbons (Fsp3) is 0.462. The maximum absolute atomic E-state index is 13.3. The van der Waals surface area contributed by atoms with Crippen molar-refractivity contribution in [3.8, 4) is 0 Å². The fourth-order valence-electron chi connectivity index (χ4n) is 3.91. The number of carbonyl (C=O) groups excluding carboxylic acids is 2. The summed E-state index contributed by atoms with van der Waals surface area (Å²) in [7, 11) is -3.93. The minimum atomic E-state index is -4.63. The molecule has 2 aromatic rings. The number of hydrogen-bond donors (Lipinski definition) is 1. The molecule has 2 aromatic carbocycles. The first kappa shape index (κ1) is 31.4. The van der Waals surface area contributed by atoms with E-state index >= 15 is 0 Å². The first-order chi connectivity index (χ1) is 17.8. The maximum Gasteiger partial charge on any atom is 0.416 e. The Morgan fingerprint density at radius 2 is 1.74 bits per heavy atom. The fourth-order valence-corrected chi connectivity index (χ4v) is 5.00. The van der Waals surface area contributed by atoms with Crippen LogP contribution in [0.5, 0.6) is 0 Å². The van der Waals surface area contributed by atoms with E-state index < -0.39 is 27.8 Å². The van der Waals surface area contributed by atoms with Crippen LogP contribution in [-0.4, -0.2) is 50.5 Å². The van der Waals surface area contributed by atoms with E-state index in [1.807, 2.05) is 6.92 Å². The minimum Gasteiger partial charge on any atom is -0.354 e. The molecule has 0 bridgehead atoms. The zero-order valence-electron chi connectivity index (χ0n) is 21.6. The van der Waals surface area contributed by atoms with Crippen LogP contribution in [0.4, 0.5) is 18.9 Å². The highest BCUT2D eigenvalue weighted by molar-refractivity contribution is 7.92. The SMILES string of the molecule is CCCNC(=O)C(CC)N(Cc1ccc(Cl)cc1)C(=O)CCCN(c1cccc(C(F)(F)F)c1)S(C)(=O)=O. The average molecular weight is 576 g/mol. The Hall–Kier alpha value is -2.79. The Bertz CT molecular complexity index is 1190. The average Bonchev–Trinajstić information content (AvgIpc) is 2.85. The molecule has 1 N–H and O–H groups in total. The lowest BCUT2D eigenvalue weighted by atomic mass is 10.1. The third kappa shape index (κ3) is 9.20. The Balaban J connectivity index is 2.24. The van der Waals surface area contributed by atoms with E-state index in [0.29, 0.717) is 18.0 Å². The number of amides is 2. The molecule has 0 saturated carbocycles. The van der Waals surface area contributed by atoms with E-state index in [9.17, 15) is 31.2 Å². The quantitative estimate of drug-likeness (QED) is 0.354. The van der Waals surface area contributed by atoms with Gasteiger partial charge < -0.3 is 10.2 Å². The summed E-state index contributed by atoms with van der Waals surface area (Å²) in [6.07, 6.45) is -2.74. The lowest BCUT2D eigenvalue weighted by molar-refractivity contribution is -0.141. The van der Waals surface area contributed by atoms with Gasteiger partial charge in [0.05, 0.1) is 17.5 Å². The molecule has 0 aliphatic rings. The van der Waals surface area contributed by atoms with Crippen molar-refractivity contribution in [2.45, 2.75) is 58.3 Å². The maximum atomic E-state index is 13.3. The summed E-state index contributed by atoms with van der Waals surface area (Å²) in [5.74, 6) is -0.672. The van der Waals surface area contributed by atoms with Gasteiger partial charge in [-0.05, 0) is 55.2 Å². The van der Waals surface area contributed by atoms with Crippen molar-refractivity contribution in [2.75, 3.05) is 23.7 Å². The number of alkyl halides is 3. The van der Waals surface area contributed by atoms with E-state index in [1.165, 1.54) is 11.0 Å². The summed E-state index contributed by atoms with van der Waals surface area (Å²) in [5.41, 5.74) is -0.359. The number of hydrogen-bond acceptors (Lipinski definition) is 4. The molecule has 1 unspecified atom stereocenters. The molecule has 12 heteroatoms. The number of nitrogens with zero attached hydrogens (tertiary/aromatic N) is 2. The number of rotatable bonds is 13. The summed E-state index contributed by atoms with van der Waals surface area (Å²) in [4.78, 5) is 27.6. The molecule has 2 amide bonds.